The van der Waals surface area contributed by atoms with Gasteiger partial charge in [-0.25, -0.2) is 0 Å². The normalized spacial score (nSPS) is 30.7. The molecule has 58 valence electrons. The summed E-state index contributed by atoms with van der Waals surface area (Å²) in [6, 6.07) is 0. The fraction of sp³-hybridized carbons (Fsp3) is 0.800. The third-order valence-corrected chi connectivity index (χ3v) is 2.58. The highest BCUT2D eigenvalue weighted by Crippen LogP contribution is 2.46. The Bertz CT molecular complexity index is 113. The zero-order chi connectivity index (χ0) is 7.56. The third kappa shape index (κ3) is 1.86. The van der Waals surface area contributed by atoms with Gasteiger partial charge in [-0.1, -0.05) is 19.9 Å². The summed E-state index contributed by atoms with van der Waals surface area (Å²) >= 11 is 0. The summed E-state index contributed by atoms with van der Waals surface area (Å²) in [5, 5.41) is 0. The van der Waals surface area contributed by atoms with Crippen molar-refractivity contribution in [2.45, 2.75) is 33.1 Å². The van der Waals surface area contributed by atoms with Gasteiger partial charge in [-0.2, -0.15) is 0 Å². The first-order valence-corrected chi connectivity index (χ1v) is 4.36. The van der Waals surface area contributed by atoms with Gasteiger partial charge in [-0.05, 0) is 37.0 Å². The topological polar surface area (TPSA) is 0 Å². The van der Waals surface area contributed by atoms with Gasteiger partial charge in [0.05, 0.1) is 0 Å². The van der Waals surface area contributed by atoms with Crippen LogP contribution in [0.3, 0.4) is 0 Å². The molecule has 1 fully saturated rings. The Balaban J connectivity index is 2.07. The number of rotatable bonds is 4. The van der Waals surface area contributed by atoms with E-state index >= 15 is 0 Å². The van der Waals surface area contributed by atoms with Crippen molar-refractivity contribution in [3.05, 3.63) is 12.7 Å². The van der Waals surface area contributed by atoms with E-state index in [2.05, 4.69) is 20.4 Å². The SMILES string of the molecule is C=CCC[C@@H]1C[C@@H]1C(C)C. The molecule has 0 aromatic rings. The molecule has 2 atom stereocenters. The fourth-order valence-electron chi connectivity index (χ4n) is 1.75. The molecule has 1 aliphatic carbocycles. The summed E-state index contributed by atoms with van der Waals surface area (Å²) in [6.07, 6.45) is 6.11. The van der Waals surface area contributed by atoms with E-state index in [0.29, 0.717) is 0 Å². The van der Waals surface area contributed by atoms with Crippen LogP contribution in [-0.4, -0.2) is 0 Å². The van der Waals surface area contributed by atoms with Gasteiger partial charge in [0, 0.05) is 0 Å². The van der Waals surface area contributed by atoms with Crippen LogP contribution < -0.4 is 0 Å². The molecule has 1 saturated carbocycles. The van der Waals surface area contributed by atoms with E-state index in [1.165, 1.54) is 19.3 Å². The second-order valence-electron chi connectivity index (χ2n) is 3.77. The van der Waals surface area contributed by atoms with Crippen LogP contribution in [0.1, 0.15) is 33.1 Å². The molecule has 0 heterocycles. The summed E-state index contributed by atoms with van der Waals surface area (Å²) in [4.78, 5) is 0. The second kappa shape index (κ2) is 3.23. The van der Waals surface area contributed by atoms with Gasteiger partial charge >= 0.3 is 0 Å². The minimum Gasteiger partial charge on any atom is -0.103 e. The molecule has 0 nitrogen and oxygen atoms in total. The summed E-state index contributed by atoms with van der Waals surface area (Å²) in [5.74, 6) is 2.99. The van der Waals surface area contributed by atoms with Crippen LogP contribution in [0.2, 0.25) is 0 Å². The van der Waals surface area contributed by atoms with Crippen LogP contribution in [0.4, 0.5) is 0 Å². The average Bonchev–Trinajstić information content (AvgIpc) is 2.62. The maximum absolute atomic E-state index is 3.73. The predicted molar refractivity (Wildman–Crippen MR) is 45.9 cm³/mol. The van der Waals surface area contributed by atoms with Crippen LogP contribution in [-0.2, 0) is 0 Å². The second-order valence-corrected chi connectivity index (χ2v) is 3.77. The highest BCUT2D eigenvalue weighted by Gasteiger charge is 2.37. The molecular weight excluding hydrogens is 120 g/mol. The number of hydrogen-bond donors (Lipinski definition) is 0. The van der Waals surface area contributed by atoms with Crippen molar-refractivity contribution in [2.24, 2.45) is 17.8 Å². The Morgan fingerprint density at radius 2 is 2.30 bits per heavy atom. The quantitative estimate of drug-likeness (QED) is 0.523. The van der Waals surface area contributed by atoms with E-state index in [9.17, 15) is 0 Å². The van der Waals surface area contributed by atoms with Gasteiger partial charge in [0.2, 0.25) is 0 Å². The first kappa shape index (κ1) is 7.84. The Labute approximate surface area is 64.3 Å². The molecule has 0 radical (unpaired) electrons. The van der Waals surface area contributed by atoms with E-state index in [0.717, 1.165) is 17.8 Å². The lowest BCUT2D eigenvalue weighted by Crippen LogP contribution is -1.91. The van der Waals surface area contributed by atoms with Gasteiger partial charge < -0.3 is 0 Å². The summed E-state index contributed by atoms with van der Waals surface area (Å²) in [5.41, 5.74) is 0. The van der Waals surface area contributed by atoms with Crippen molar-refractivity contribution in [1.82, 2.24) is 0 Å². The van der Waals surface area contributed by atoms with E-state index in [-0.39, 0.29) is 0 Å². The van der Waals surface area contributed by atoms with E-state index < -0.39 is 0 Å². The average molecular weight is 138 g/mol. The largest absolute Gasteiger partial charge is 0.103 e. The van der Waals surface area contributed by atoms with Gasteiger partial charge in [-0.15, -0.1) is 6.58 Å². The molecule has 0 bridgehead atoms. The molecular formula is C10H18. The summed E-state index contributed by atoms with van der Waals surface area (Å²) < 4.78 is 0. The monoisotopic (exact) mass is 138 g/mol. The number of allylic oxidation sites excluding steroid dienone is 1. The van der Waals surface area contributed by atoms with Gasteiger partial charge in [0.1, 0.15) is 0 Å². The van der Waals surface area contributed by atoms with Crippen LogP contribution in [0.15, 0.2) is 12.7 Å². The molecule has 10 heavy (non-hydrogen) atoms. The smallest absolute Gasteiger partial charge is 0.0351 e. The first-order chi connectivity index (χ1) is 4.75. The Kier molecular flexibility index (Phi) is 2.53. The maximum atomic E-state index is 3.73. The lowest BCUT2D eigenvalue weighted by Gasteiger charge is -2.00. The van der Waals surface area contributed by atoms with Crippen molar-refractivity contribution in [3.63, 3.8) is 0 Å². The minimum absolute atomic E-state index is 0.912. The van der Waals surface area contributed by atoms with E-state index in [4.69, 9.17) is 0 Å². The Morgan fingerprint density at radius 1 is 1.60 bits per heavy atom. The molecule has 0 spiro atoms. The third-order valence-electron chi connectivity index (χ3n) is 2.58. The van der Waals surface area contributed by atoms with Crippen LogP contribution in [0.5, 0.6) is 0 Å². The highest BCUT2D eigenvalue weighted by atomic mass is 14.4. The lowest BCUT2D eigenvalue weighted by atomic mass is 10.1. The Morgan fingerprint density at radius 3 is 2.70 bits per heavy atom. The molecule has 0 aromatic carbocycles. The van der Waals surface area contributed by atoms with Crippen molar-refractivity contribution >= 4 is 0 Å². The molecule has 0 aliphatic heterocycles. The molecule has 0 amide bonds. The van der Waals surface area contributed by atoms with E-state index in [1.54, 1.807) is 0 Å². The molecule has 0 unspecified atom stereocenters. The zero-order valence-corrected chi connectivity index (χ0v) is 7.14. The molecule has 0 N–H and O–H groups in total. The maximum Gasteiger partial charge on any atom is -0.0351 e. The van der Waals surface area contributed by atoms with Crippen molar-refractivity contribution in [3.8, 4) is 0 Å². The van der Waals surface area contributed by atoms with Gasteiger partial charge in [0.15, 0.2) is 0 Å². The molecule has 0 saturated heterocycles. The van der Waals surface area contributed by atoms with Gasteiger partial charge in [0.25, 0.3) is 0 Å². The fourth-order valence-corrected chi connectivity index (χ4v) is 1.75. The van der Waals surface area contributed by atoms with Crippen molar-refractivity contribution in [1.29, 1.82) is 0 Å². The Hall–Kier alpha value is -0.260. The highest BCUT2D eigenvalue weighted by molar-refractivity contribution is 4.89. The lowest BCUT2D eigenvalue weighted by molar-refractivity contribution is 0.505. The van der Waals surface area contributed by atoms with Crippen LogP contribution in [0, 0.1) is 17.8 Å². The zero-order valence-electron chi connectivity index (χ0n) is 7.14. The molecule has 0 aromatic heterocycles. The number of hydrogen-bond acceptors (Lipinski definition) is 0. The minimum atomic E-state index is 0.912. The molecule has 1 rings (SSSR count). The van der Waals surface area contributed by atoms with Gasteiger partial charge in [-0.3, -0.25) is 0 Å². The van der Waals surface area contributed by atoms with Crippen molar-refractivity contribution < 1.29 is 0 Å². The predicted octanol–water partition coefficient (Wildman–Crippen LogP) is 3.24. The van der Waals surface area contributed by atoms with Crippen molar-refractivity contribution in [2.75, 3.05) is 0 Å². The van der Waals surface area contributed by atoms with Crippen LogP contribution in [0.25, 0.3) is 0 Å². The molecule has 1 aliphatic rings. The van der Waals surface area contributed by atoms with Crippen LogP contribution >= 0.6 is 0 Å². The molecule has 0 heteroatoms. The summed E-state index contributed by atoms with van der Waals surface area (Å²) in [7, 11) is 0. The standard InChI is InChI=1S/C10H18/c1-4-5-6-9-7-10(9)8(2)3/h4,8-10H,1,5-7H2,2-3H3/t9-,10-/m1/s1. The van der Waals surface area contributed by atoms with E-state index in [1.807, 2.05) is 6.08 Å². The summed E-state index contributed by atoms with van der Waals surface area (Å²) in [6.45, 7) is 8.39. The first-order valence-electron chi connectivity index (χ1n) is 4.36.